The van der Waals surface area contributed by atoms with Gasteiger partial charge in [-0.3, -0.25) is 9.36 Å². The number of hydrogen-bond acceptors (Lipinski definition) is 6. The molecule has 0 amide bonds. The average molecular weight is 395 g/mol. The fourth-order valence-corrected chi connectivity index (χ4v) is 5.24. The van der Waals surface area contributed by atoms with Crippen molar-refractivity contribution in [1.82, 2.24) is 19.5 Å². The first-order valence-corrected chi connectivity index (χ1v) is 10.2. The summed E-state index contributed by atoms with van der Waals surface area (Å²) in [6.07, 6.45) is 1.71. The van der Waals surface area contributed by atoms with Gasteiger partial charge in [0.15, 0.2) is 5.16 Å². The summed E-state index contributed by atoms with van der Waals surface area (Å²) in [5.74, 6) is 0.713. The molecule has 27 heavy (non-hydrogen) atoms. The molecule has 0 atom stereocenters. The molecule has 0 aliphatic carbocycles. The highest BCUT2D eigenvalue weighted by molar-refractivity contribution is 7.99. The maximum Gasteiger partial charge on any atom is 0.262 e. The largest absolute Gasteiger partial charge is 0.283 e. The van der Waals surface area contributed by atoms with Crippen molar-refractivity contribution in [2.24, 2.45) is 0 Å². The monoisotopic (exact) mass is 394 g/mol. The van der Waals surface area contributed by atoms with Crippen molar-refractivity contribution in [1.29, 1.82) is 0 Å². The van der Waals surface area contributed by atoms with Gasteiger partial charge in [-0.05, 0) is 50.2 Å². The second-order valence-corrected chi connectivity index (χ2v) is 8.42. The van der Waals surface area contributed by atoms with Gasteiger partial charge in [-0.15, -0.1) is 17.9 Å². The molecule has 7 heteroatoms. The second-order valence-electron chi connectivity index (χ2n) is 6.26. The minimum absolute atomic E-state index is 0.0664. The molecule has 0 bridgehead atoms. The second kappa shape index (κ2) is 6.90. The predicted octanol–water partition coefficient (Wildman–Crippen LogP) is 4.66. The van der Waals surface area contributed by atoms with Crippen molar-refractivity contribution < 1.29 is 0 Å². The van der Waals surface area contributed by atoms with E-state index in [9.17, 15) is 4.79 Å². The van der Waals surface area contributed by atoms with E-state index in [0.29, 0.717) is 28.4 Å². The average Bonchev–Trinajstić information content (AvgIpc) is 2.92. The zero-order valence-corrected chi connectivity index (χ0v) is 16.9. The van der Waals surface area contributed by atoms with Gasteiger partial charge in [0, 0.05) is 16.8 Å². The van der Waals surface area contributed by atoms with Gasteiger partial charge in [0.05, 0.1) is 10.9 Å². The van der Waals surface area contributed by atoms with Crippen LogP contribution in [0, 0.1) is 20.8 Å². The van der Waals surface area contributed by atoms with E-state index in [1.165, 1.54) is 22.2 Å². The zero-order valence-electron chi connectivity index (χ0n) is 15.3. The van der Waals surface area contributed by atoms with Gasteiger partial charge in [-0.1, -0.05) is 18.2 Å². The number of para-hydroxylation sites is 1. The first kappa shape index (κ1) is 17.9. The molecule has 3 heterocycles. The highest BCUT2D eigenvalue weighted by Crippen LogP contribution is 2.37. The Morgan fingerprint density at radius 3 is 2.74 bits per heavy atom. The number of benzene rings is 1. The van der Waals surface area contributed by atoms with Gasteiger partial charge in [-0.2, -0.15) is 0 Å². The Morgan fingerprint density at radius 2 is 1.96 bits per heavy atom. The van der Waals surface area contributed by atoms with Crippen molar-refractivity contribution in [3.8, 4) is 0 Å². The van der Waals surface area contributed by atoms with Crippen LogP contribution in [-0.2, 0) is 6.54 Å². The van der Waals surface area contributed by atoms with Crippen molar-refractivity contribution >= 4 is 44.2 Å². The smallest absolute Gasteiger partial charge is 0.262 e. The summed E-state index contributed by atoms with van der Waals surface area (Å²) in [6.45, 7) is 10.2. The lowest BCUT2D eigenvalue weighted by Crippen LogP contribution is -2.22. The fraction of sp³-hybridized carbons (Fsp3) is 0.200. The molecular formula is C20H18N4OS2. The molecule has 0 spiro atoms. The Labute approximate surface area is 164 Å². The Morgan fingerprint density at radius 1 is 1.19 bits per heavy atom. The van der Waals surface area contributed by atoms with Crippen LogP contribution in [0.4, 0.5) is 0 Å². The molecule has 3 aromatic heterocycles. The van der Waals surface area contributed by atoms with Gasteiger partial charge in [0.1, 0.15) is 15.7 Å². The highest BCUT2D eigenvalue weighted by Gasteiger charge is 2.18. The maximum absolute atomic E-state index is 13.0. The van der Waals surface area contributed by atoms with Crippen LogP contribution in [0.1, 0.15) is 16.3 Å². The van der Waals surface area contributed by atoms with Gasteiger partial charge in [-0.25, -0.2) is 15.0 Å². The summed E-state index contributed by atoms with van der Waals surface area (Å²) >= 11 is 3.08. The molecule has 4 rings (SSSR count). The Bertz CT molecular complexity index is 1260. The van der Waals surface area contributed by atoms with E-state index in [1.807, 2.05) is 25.1 Å². The van der Waals surface area contributed by atoms with E-state index < -0.39 is 0 Å². The first-order chi connectivity index (χ1) is 13.0. The Kier molecular flexibility index (Phi) is 4.57. The topological polar surface area (TPSA) is 60.7 Å². The van der Waals surface area contributed by atoms with E-state index in [0.717, 1.165) is 15.2 Å². The van der Waals surface area contributed by atoms with Crippen LogP contribution in [0.3, 0.4) is 0 Å². The number of aromatic nitrogens is 4. The van der Waals surface area contributed by atoms with Crippen LogP contribution in [0.2, 0.25) is 0 Å². The van der Waals surface area contributed by atoms with Crippen LogP contribution in [0.15, 0.2) is 51.9 Å². The van der Waals surface area contributed by atoms with Crippen LogP contribution in [-0.4, -0.2) is 19.5 Å². The predicted molar refractivity (Wildman–Crippen MR) is 112 cm³/mol. The number of hydrogen-bond donors (Lipinski definition) is 0. The summed E-state index contributed by atoms with van der Waals surface area (Å²) < 4.78 is 1.65. The van der Waals surface area contributed by atoms with Crippen LogP contribution >= 0.6 is 23.1 Å². The number of fused-ring (bicyclic) bond motifs is 2. The van der Waals surface area contributed by atoms with Gasteiger partial charge >= 0.3 is 0 Å². The number of thiophene rings is 1. The number of aryl methyl sites for hydroxylation is 3. The van der Waals surface area contributed by atoms with Crippen molar-refractivity contribution in [2.75, 3.05) is 0 Å². The Hall–Kier alpha value is -2.51. The summed E-state index contributed by atoms with van der Waals surface area (Å²) in [5, 5.41) is 3.09. The normalized spacial score (nSPS) is 11.4. The minimum Gasteiger partial charge on any atom is -0.283 e. The fourth-order valence-electron chi connectivity index (χ4n) is 2.99. The van der Waals surface area contributed by atoms with E-state index >= 15 is 0 Å². The van der Waals surface area contributed by atoms with Crippen LogP contribution in [0.25, 0.3) is 21.1 Å². The number of allylic oxidation sites excluding steroid dienone is 1. The van der Waals surface area contributed by atoms with Gasteiger partial charge < -0.3 is 0 Å². The molecule has 4 aromatic rings. The molecule has 0 radical (unpaired) electrons. The molecule has 136 valence electrons. The molecule has 0 fully saturated rings. The third kappa shape index (κ3) is 3.07. The van der Waals surface area contributed by atoms with E-state index in [2.05, 4.69) is 30.4 Å². The maximum atomic E-state index is 13.0. The molecule has 1 aromatic carbocycles. The summed E-state index contributed by atoms with van der Waals surface area (Å²) in [6, 6.07) is 7.41. The van der Waals surface area contributed by atoms with Crippen LogP contribution in [0.5, 0.6) is 0 Å². The van der Waals surface area contributed by atoms with Crippen molar-refractivity contribution in [3.05, 3.63) is 63.5 Å². The highest BCUT2D eigenvalue weighted by atomic mass is 32.2. The Balaban J connectivity index is 1.96. The molecule has 0 N–H and O–H groups in total. The van der Waals surface area contributed by atoms with Crippen LogP contribution < -0.4 is 5.56 Å². The van der Waals surface area contributed by atoms with E-state index in [1.54, 1.807) is 28.0 Å². The van der Waals surface area contributed by atoms with E-state index in [4.69, 9.17) is 4.98 Å². The summed E-state index contributed by atoms with van der Waals surface area (Å²) in [7, 11) is 0. The van der Waals surface area contributed by atoms with Gasteiger partial charge in [0.2, 0.25) is 0 Å². The zero-order chi connectivity index (χ0) is 19.1. The molecule has 5 nitrogen and oxygen atoms in total. The molecule has 0 aliphatic heterocycles. The molecule has 0 saturated carbocycles. The van der Waals surface area contributed by atoms with Gasteiger partial charge in [0.25, 0.3) is 5.56 Å². The number of rotatable bonds is 4. The lowest BCUT2D eigenvalue weighted by atomic mass is 10.2. The lowest BCUT2D eigenvalue weighted by Gasteiger charge is -2.12. The standard InChI is InChI=1S/C20H18N4OS2/c1-5-10-24-19(25)14-8-6-7-9-15(14)23-20(24)27-18-16-11(2)12(3)26-17(16)21-13(4)22-18/h5-9H,1,10H2,2-4H3. The van der Waals surface area contributed by atoms with E-state index in [-0.39, 0.29) is 5.56 Å². The van der Waals surface area contributed by atoms with Crippen molar-refractivity contribution in [2.45, 2.75) is 37.5 Å². The third-order valence-corrected chi connectivity index (χ3v) is 6.52. The van der Waals surface area contributed by atoms with Crippen molar-refractivity contribution in [3.63, 3.8) is 0 Å². The molecule has 0 unspecified atom stereocenters. The minimum atomic E-state index is -0.0664. The summed E-state index contributed by atoms with van der Waals surface area (Å²) in [4.78, 5) is 29.1. The number of nitrogens with zero attached hydrogens (tertiary/aromatic N) is 4. The SMILES string of the molecule is C=CCn1c(Sc2nc(C)nc3sc(C)c(C)c23)nc2ccccc2c1=O. The lowest BCUT2D eigenvalue weighted by molar-refractivity contribution is 0.671. The quantitative estimate of drug-likeness (QED) is 0.286. The third-order valence-electron chi connectivity index (χ3n) is 4.43. The molecular weight excluding hydrogens is 376 g/mol. The molecule has 0 saturated heterocycles. The molecule has 0 aliphatic rings. The summed E-state index contributed by atoms with van der Waals surface area (Å²) in [5.41, 5.74) is 1.80. The first-order valence-electron chi connectivity index (χ1n) is 8.52.